The van der Waals surface area contributed by atoms with Crippen LogP contribution >= 0.6 is 0 Å². The maximum atomic E-state index is 12.9. The summed E-state index contributed by atoms with van der Waals surface area (Å²) in [6.07, 6.45) is 10.1. The second-order valence-corrected chi connectivity index (χ2v) is 6.96. The molecule has 1 amide bonds. The number of H-pyrrole nitrogens is 1. The summed E-state index contributed by atoms with van der Waals surface area (Å²) in [6.45, 7) is 1.84. The van der Waals surface area contributed by atoms with Crippen LogP contribution < -0.4 is 5.32 Å². The van der Waals surface area contributed by atoms with E-state index in [1.807, 2.05) is 13.0 Å². The van der Waals surface area contributed by atoms with Gasteiger partial charge >= 0.3 is 0 Å². The zero-order valence-corrected chi connectivity index (χ0v) is 14.6. The molecular weight excluding hydrogens is 332 g/mol. The Morgan fingerprint density at radius 2 is 2.19 bits per heavy atom. The molecule has 1 aliphatic rings. The summed E-state index contributed by atoms with van der Waals surface area (Å²) in [5.74, 6) is 0.742. The van der Waals surface area contributed by atoms with E-state index in [4.69, 9.17) is 0 Å². The van der Waals surface area contributed by atoms with Crippen LogP contribution in [0.4, 0.5) is 0 Å². The van der Waals surface area contributed by atoms with E-state index in [9.17, 15) is 9.90 Å². The Bertz CT molecular complexity index is 894. The quantitative estimate of drug-likeness (QED) is 0.662. The molecule has 0 saturated heterocycles. The lowest BCUT2D eigenvalue weighted by molar-refractivity contribution is 0.0830. The molecular formula is C18H22N6O2. The summed E-state index contributed by atoms with van der Waals surface area (Å²) < 4.78 is 1.76. The van der Waals surface area contributed by atoms with Crippen LogP contribution in [0.15, 0.2) is 31.0 Å². The van der Waals surface area contributed by atoms with Crippen molar-refractivity contribution in [1.29, 1.82) is 0 Å². The number of carbonyl (C=O) groups excluding carboxylic acids is 1. The molecule has 1 fully saturated rings. The van der Waals surface area contributed by atoms with Crippen LogP contribution in [-0.2, 0) is 0 Å². The third-order valence-corrected chi connectivity index (χ3v) is 5.19. The van der Waals surface area contributed by atoms with Gasteiger partial charge in [-0.3, -0.25) is 14.5 Å². The van der Waals surface area contributed by atoms with Gasteiger partial charge in [0.1, 0.15) is 12.1 Å². The van der Waals surface area contributed by atoms with Crippen molar-refractivity contribution in [2.45, 2.75) is 44.8 Å². The first-order valence-electron chi connectivity index (χ1n) is 8.93. The van der Waals surface area contributed by atoms with E-state index in [2.05, 4.69) is 25.5 Å². The molecule has 0 spiro atoms. The molecule has 0 aliphatic heterocycles. The Morgan fingerprint density at radius 3 is 2.88 bits per heavy atom. The fourth-order valence-corrected chi connectivity index (χ4v) is 3.63. The van der Waals surface area contributed by atoms with E-state index in [0.29, 0.717) is 22.9 Å². The average Bonchev–Trinajstić information content (AvgIpc) is 3.32. The predicted octanol–water partition coefficient (Wildman–Crippen LogP) is 1.81. The van der Waals surface area contributed by atoms with E-state index in [-0.39, 0.29) is 18.1 Å². The molecule has 26 heavy (non-hydrogen) atoms. The number of pyridine rings is 1. The van der Waals surface area contributed by atoms with Crippen molar-refractivity contribution in [3.05, 3.63) is 36.7 Å². The van der Waals surface area contributed by atoms with Crippen LogP contribution in [0.3, 0.4) is 0 Å². The molecule has 4 rings (SSSR count). The fourth-order valence-electron chi connectivity index (χ4n) is 3.63. The van der Waals surface area contributed by atoms with Crippen LogP contribution in [0.25, 0.3) is 16.7 Å². The summed E-state index contributed by atoms with van der Waals surface area (Å²) in [6, 6.07) is 1.97. The number of aliphatic hydroxyl groups is 1. The van der Waals surface area contributed by atoms with Gasteiger partial charge in [0.25, 0.3) is 5.91 Å². The lowest BCUT2D eigenvalue weighted by atomic mass is 9.83. The molecule has 1 aliphatic carbocycles. The van der Waals surface area contributed by atoms with Gasteiger partial charge < -0.3 is 10.4 Å². The summed E-state index contributed by atoms with van der Waals surface area (Å²) in [5, 5.41) is 20.6. The van der Waals surface area contributed by atoms with Crippen molar-refractivity contribution in [2.75, 3.05) is 0 Å². The van der Waals surface area contributed by atoms with Crippen LogP contribution in [0.1, 0.15) is 43.1 Å². The minimum atomic E-state index is -0.287. The lowest BCUT2D eigenvalue weighted by Gasteiger charge is -2.30. The fraction of sp³-hybridized carbons (Fsp3) is 0.444. The number of aromatic amines is 1. The van der Waals surface area contributed by atoms with E-state index in [1.165, 1.54) is 0 Å². The summed E-state index contributed by atoms with van der Waals surface area (Å²) in [7, 11) is 0. The first-order valence-corrected chi connectivity index (χ1v) is 8.93. The van der Waals surface area contributed by atoms with Crippen LogP contribution in [0.2, 0.25) is 0 Å². The zero-order valence-electron chi connectivity index (χ0n) is 14.6. The molecule has 8 nitrogen and oxygen atoms in total. The number of aromatic nitrogens is 5. The first-order chi connectivity index (χ1) is 12.6. The van der Waals surface area contributed by atoms with Gasteiger partial charge in [-0.15, -0.1) is 0 Å². The largest absolute Gasteiger partial charge is 0.393 e. The Balaban J connectivity index is 1.56. The molecule has 3 N–H and O–H groups in total. The average molecular weight is 354 g/mol. The molecule has 0 radical (unpaired) electrons. The van der Waals surface area contributed by atoms with Crippen LogP contribution in [0.5, 0.6) is 0 Å². The normalized spacial score (nSPS) is 21.6. The molecule has 0 unspecified atom stereocenters. The number of imidazole rings is 1. The second kappa shape index (κ2) is 6.87. The first kappa shape index (κ1) is 16.7. The van der Waals surface area contributed by atoms with Gasteiger partial charge in [-0.05, 0) is 44.6 Å². The van der Waals surface area contributed by atoms with Crippen molar-refractivity contribution < 1.29 is 9.90 Å². The van der Waals surface area contributed by atoms with Crippen molar-refractivity contribution in [2.24, 2.45) is 5.92 Å². The minimum Gasteiger partial charge on any atom is -0.393 e. The molecule has 0 aromatic carbocycles. The van der Waals surface area contributed by atoms with E-state index in [1.54, 1.807) is 29.5 Å². The van der Waals surface area contributed by atoms with Crippen LogP contribution in [0, 0.1) is 5.92 Å². The van der Waals surface area contributed by atoms with Gasteiger partial charge in [0, 0.05) is 23.8 Å². The van der Waals surface area contributed by atoms with Gasteiger partial charge in [-0.25, -0.2) is 9.97 Å². The van der Waals surface area contributed by atoms with E-state index >= 15 is 0 Å². The predicted molar refractivity (Wildman–Crippen MR) is 95.9 cm³/mol. The number of fused-ring (bicyclic) bond motifs is 1. The molecule has 3 aromatic rings. The van der Waals surface area contributed by atoms with E-state index in [0.717, 1.165) is 31.1 Å². The number of hydrogen-bond donors (Lipinski definition) is 3. The van der Waals surface area contributed by atoms with Crippen molar-refractivity contribution in [3.63, 3.8) is 0 Å². The molecule has 3 heterocycles. The van der Waals surface area contributed by atoms with Gasteiger partial charge in [0.15, 0.2) is 5.69 Å². The Morgan fingerprint density at radius 1 is 1.38 bits per heavy atom. The Hall–Kier alpha value is -2.74. The maximum absolute atomic E-state index is 12.9. The monoisotopic (exact) mass is 354 g/mol. The molecule has 1 atom stereocenters. The number of amides is 1. The molecule has 3 aromatic heterocycles. The van der Waals surface area contributed by atoms with Gasteiger partial charge in [0.05, 0.1) is 17.8 Å². The second-order valence-electron chi connectivity index (χ2n) is 6.96. The molecule has 136 valence electrons. The highest BCUT2D eigenvalue weighted by Crippen LogP contribution is 2.27. The zero-order chi connectivity index (χ0) is 18.1. The van der Waals surface area contributed by atoms with Crippen molar-refractivity contribution in [1.82, 2.24) is 30.0 Å². The summed E-state index contributed by atoms with van der Waals surface area (Å²) in [4.78, 5) is 21.4. The molecule has 1 saturated carbocycles. The van der Waals surface area contributed by atoms with Crippen molar-refractivity contribution >= 4 is 16.8 Å². The standard InChI is InChI=1S/C18H22N6O2/c1-11(25)12-2-4-14(5-3-12)21-18(26)17-16-13(9-20-23-16)8-15(22-17)24-7-6-19-10-24/h6-12,14,25H,2-5H2,1H3,(H,20,23)(H,21,26)/t11-,12?,14?/m1/s1. The number of hydrogen-bond acceptors (Lipinski definition) is 5. The number of nitrogens with zero attached hydrogens (tertiary/aromatic N) is 4. The van der Waals surface area contributed by atoms with Gasteiger partial charge in [0.2, 0.25) is 0 Å². The Kier molecular flexibility index (Phi) is 4.42. The van der Waals surface area contributed by atoms with Gasteiger partial charge in [-0.2, -0.15) is 5.10 Å². The third-order valence-electron chi connectivity index (χ3n) is 5.19. The Labute approximate surface area is 150 Å². The highest BCUT2D eigenvalue weighted by molar-refractivity contribution is 6.04. The topological polar surface area (TPSA) is 109 Å². The SMILES string of the molecule is C[C@@H](O)C1CCC(NC(=O)c2nc(-n3ccnc3)cc3cn[nH]c23)CC1. The molecule has 0 bridgehead atoms. The highest BCUT2D eigenvalue weighted by Gasteiger charge is 2.26. The summed E-state index contributed by atoms with van der Waals surface area (Å²) >= 11 is 0. The minimum absolute atomic E-state index is 0.106. The number of aliphatic hydroxyl groups excluding tert-OH is 1. The number of nitrogens with one attached hydrogen (secondary N) is 2. The smallest absolute Gasteiger partial charge is 0.272 e. The van der Waals surface area contributed by atoms with E-state index < -0.39 is 0 Å². The highest BCUT2D eigenvalue weighted by atomic mass is 16.3. The van der Waals surface area contributed by atoms with Crippen molar-refractivity contribution in [3.8, 4) is 5.82 Å². The summed E-state index contributed by atoms with van der Waals surface area (Å²) in [5.41, 5.74) is 0.963. The number of rotatable bonds is 4. The lowest BCUT2D eigenvalue weighted by Crippen LogP contribution is -2.39. The maximum Gasteiger partial charge on any atom is 0.272 e. The molecule has 8 heteroatoms. The number of carbonyl (C=O) groups is 1. The van der Waals surface area contributed by atoms with Crippen LogP contribution in [-0.4, -0.2) is 47.9 Å². The van der Waals surface area contributed by atoms with Gasteiger partial charge in [-0.1, -0.05) is 0 Å². The third kappa shape index (κ3) is 3.20.